The molecule has 0 saturated heterocycles. The van der Waals surface area contributed by atoms with E-state index in [1.54, 1.807) is 25.3 Å². The number of methoxy groups -OCH3 is 1. The quantitative estimate of drug-likeness (QED) is 0.880. The van der Waals surface area contributed by atoms with Gasteiger partial charge in [-0.1, -0.05) is 19.1 Å². The summed E-state index contributed by atoms with van der Waals surface area (Å²) in [6.07, 6.45) is 1.55. The number of rotatable bonds is 6. The van der Waals surface area contributed by atoms with E-state index < -0.39 is 0 Å². The molecule has 0 radical (unpaired) electrons. The number of aromatic nitrogens is 2. The van der Waals surface area contributed by atoms with Crippen molar-refractivity contribution in [3.8, 4) is 5.88 Å². The number of halogens is 1. The maximum Gasteiger partial charge on any atom is 0.218 e. The van der Waals surface area contributed by atoms with E-state index in [2.05, 4.69) is 15.3 Å². The highest BCUT2D eigenvalue weighted by Gasteiger charge is 2.03. The fourth-order valence-corrected chi connectivity index (χ4v) is 1.81. The highest BCUT2D eigenvalue weighted by atomic mass is 19.1. The summed E-state index contributed by atoms with van der Waals surface area (Å²) in [5, 5.41) is 3.23. The SMILES string of the molecule is CCc1nc(NCCc2ccc(F)cc2)cc(OC)n1. The summed E-state index contributed by atoms with van der Waals surface area (Å²) >= 11 is 0. The highest BCUT2D eigenvalue weighted by molar-refractivity contribution is 5.38. The van der Waals surface area contributed by atoms with Gasteiger partial charge in [-0.25, -0.2) is 9.37 Å². The number of hydrogen-bond acceptors (Lipinski definition) is 4. The standard InChI is InChI=1S/C15H18FN3O/c1-3-13-18-14(10-15(19-13)20-2)17-9-8-11-4-6-12(16)7-5-11/h4-7,10H,3,8-9H2,1-2H3,(H,17,18,19). The van der Waals surface area contributed by atoms with E-state index in [1.807, 2.05) is 6.92 Å². The van der Waals surface area contributed by atoms with Crippen molar-refractivity contribution in [1.82, 2.24) is 9.97 Å². The number of ether oxygens (including phenoxy) is 1. The first-order valence-electron chi connectivity index (χ1n) is 6.61. The molecule has 1 N–H and O–H groups in total. The number of benzene rings is 1. The molecule has 0 aliphatic carbocycles. The minimum absolute atomic E-state index is 0.213. The first-order chi connectivity index (χ1) is 9.71. The van der Waals surface area contributed by atoms with Crippen molar-refractivity contribution in [2.75, 3.05) is 19.0 Å². The van der Waals surface area contributed by atoms with Crippen LogP contribution in [0.3, 0.4) is 0 Å². The molecule has 2 aromatic rings. The van der Waals surface area contributed by atoms with Crippen LogP contribution in [0, 0.1) is 5.82 Å². The molecular formula is C15H18FN3O. The molecule has 0 bridgehead atoms. The molecule has 4 nitrogen and oxygen atoms in total. The Kier molecular flexibility index (Phi) is 4.87. The zero-order valence-electron chi connectivity index (χ0n) is 11.7. The van der Waals surface area contributed by atoms with Crippen LogP contribution in [0.1, 0.15) is 18.3 Å². The summed E-state index contributed by atoms with van der Waals surface area (Å²) in [5.74, 6) is 1.83. The fraction of sp³-hybridized carbons (Fsp3) is 0.333. The second-order valence-electron chi connectivity index (χ2n) is 4.37. The Hall–Kier alpha value is -2.17. The van der Waals surface area contributed by atoms with Crippen LogP contribution in [-0.4, -0.2) is 23.6 Å². The van der Waals surface area contributed by atoms with E-state index in [0.717, 1.165) is 36.6 Å². The van der Waals surface area contributed by atoms with Crippen LogP contribution in [0.4, 0.5) is 10.2 Å². The third kappa shape index (κ3) is 3.91. The number of anilines is 1. The zero-order chi connectivity index (χ0) is 14.4. The molecular weight excluding hydrogens is 257 g/mol. The van der Waals surface area contributed by atoms with Crippen LogP contribution < -0.4 is 10.1 Å². The largest absolute Gasteiger partial charge is 0.481 e. The third-order valence-electron chi connectivity index (χ3n) is 2.91. The Labute approximate surface area is 118 Å². The number of aryl methyl sites for hydroxylation is 1. The first kappa shape index (κ1) is 14.2. The minimum Gasteiger partial charge on any atom is -0.481 e. The highest BCUT2D eigenvalue weighted by Crippen LogP contribution is 2.13. The lowest BCUT2D eigenvalue weighted by molar-refractivity contribution is 0.395. The molecule has 1 aromatic carbocycles. The van der Waals surface area contributed by atoms with E-state index in [0.29, 0.717) is 5.88 Å². The van der Waals surface area contributed by atoms with Gasteiger partial charge in [0.25, 0.3) is 0 Å². The molecule has 0 atom stereocenters. The van der Waals surface area contributed by atoms with Crippen molar-refractivity contribution in [1.29, 1.82) is 0 Å². The summed E-state index contributed by atoms with van der Waals surface area (Å²) in [6.45, 7) is 2.71. The number of nitrogens with zero attached hydrogens (tertiary/aromatic N) is 2. The molecule has 1 aromatic heterocycles. The molecule has 0 spiro atoms. The van der Waals surface area contributed by atoms with E-state index in [9.17, 15) is 4.39 Å². The zero-order valence-corrected chi connectivity index (χ0v) is 11.7. The Balaban J connectivity index is 1.94. The summed E-state index contributed by atoms with van der Waals surface area (Å²) < 4.78 is 17.9. The van der Waals surface area contributed by atoms with Crippen molar-refractivity contribution in [3.05, 3.63) is 47.5 Å². The van der Waals surface area contributed by atoms with Crippen LogP contribution in [-0.2, 0) is 12.8 Å². The van der Waals surface area contributed by atoms with Gasteiger partial charge in [-0.3, -0.25) is 0 Å². The molecule has 20 heavy (non-hydrogen) atoms. The van der Waals surface area contributed by atoms with Crippen molar-refractivity contribution in [3.63, 3.8) is 0 Å². The molecule has 0 unspecified atom stereocenters. The fourth-order valence-electron chi connectivity index (χ4n) is 1.81. The molecule has 0 fully saturated rings. The van der Waals surface area contributed by atoms with Crippen molar-refractivity contribution >= 4 is 5.82 Å². The van der Waals surface area contributed by atoms with Crippen LogP contribution in [0.5, 0.6) is 5.88 Å². The van der Waals surface area contributed by atoms with Gasteiger partial charge in [0.2, 0.25) is 5.88 Å². The maximum atomic E-state index is 12.8. The second kappa shape index (κ2) is 6.84. The molecule has 1 heterocycles. The molecule has 106 valence electrons. The summed E-state index contributed by atoms with van der Waals surface area (Å²) in [4.78, 5) is 8.61. The average Bonchev–Trinajstić information content (AvgIpc) is 2.49. The van der Waals surface area contributed by atoms with E-state index in [4.69, 9.17) is 4.74 Å². The predicted octanol–water partition coefficient (Wildman–Crippen LogP) is 2.84. The van der Waals surface area contributed by atoms with Gasteiger partial charge in [0, 0.05) is 19.0 Å². The monoisotopic (exact) mass is 275 g/mol. The normalized spacial score (nSPS) is 10.3. The van der Waals surface area contributed by atoms with Crippen LogP contribution in [0.2, 0.25) is 0 Å². The topological polar surface area (TPSA) is 47.0 Å². The first-order valence-corrected chi connectivity index (χ1v) is 6.61. The van der Waals surface area contributed by atoms with Gasteiger partial charge in [-0.2, -0.15) is 4.98 Å². The van der Waals surface area contributed by atoms with Gasteiger partial charge in [0.05, 0.1) is 7.11 Å². The third-order valence-corrected chi connectivity index (χ3v) is 2.91. The van der Waals surface area contributed by atoms with Crippen LogP contribution in [0.25, 0.3) is 0 Å². The minimum atomic E-state index is -0.213. The summed E-state index contributed by atoms with van der Waals surface area (Å²) in [7, 11) is 1.59. The van der Waals surface area contributed by atoms with Crippen molar-refractivity contribution in [2.45, 2.75) is 19.8 Å². The van der Waals surface area contributed by atoms with Gasteiger partial charge in [0.1, 0.15) is 17.5 Å². The van der Waals surface area contributed by atoms with Gasteiger partial charge in [-0.15, -0.1) is 0 Å². The Morgan fingerprint density at radius 3 is 2.60 bits per heavy atom. The number of nitrogens with one attached hydrogen (secondary N) is 1. The van der Waals surface area contributed by atoms with Crippen LogP contribution >= 0.6 is 0 Å². The maximum absolute atomic E-state index is 12.8. The van der Waals surface area contributed by atoms with Gasteiger partial charge in [-0.05, 0) is 24.1 Å². The van der Waals surface area contributed by atoms with E-state index in [1.165, 1.54) is 12.1 Å². The van der Waals surface area contributed by atoms with Gasteiger partial charge in [0.15, 0.2) is 0 Å². The van der Waals surface area contributed by atoms with E-state index in [-0.39, 0.29) is 5.82 Å². The smallest absolute Gasteiger partial charge is 0.218 e. The lowest BCUT2D eigenvalue weighted by atomic mass is 10.1. The number of hydrogen-bond donors (Lipinski definition) is 1. The lowest BCUT2D eigenvalue weighted by Gasteiger charge is -2.08. The second-order valence-corrected chi connectivity index (χ2v) is 4.37. The van der Waals surface area contributed by atoms with Crippen LogP contribution in [0.15, 0.2) is 30.3 Å². The van der Waals surface area contributed by atoms with E-state index >= 15 is 0 Å². The Morgan fingerprint density at radius 2 is 1.95 bits per heavy atom. The molecule has 0 aliphatic rings. The summed E-state index contributed by atoms with van der Waals surface area (Å²) in [5.41, 5.74) is 1.08. The van der Waals surface area contributed by atoms with Crippen molar-refractivity contribution in [2.24, 2.45) is 0 Å². The van der Waals surface area contributed by atoms with Gasteiger partial charge < -0.3 is 10.1 Å². The average molecular weight is 275 g/mol. The Bertz CT molecular complexity index is 535. The van der Waals surface area contributed by atoms with Crippen molar-refractivity contribution < 1.29 is 9.13 Å². The lowest BCUT2D eigenvalue weighted by Crippen LogP contribution is -2.08. The molecule has 2 rings (SSSR count). The Morgan fingerprint density at radius 1 is 1.20 bits per heavy atom. The summed E-state index contributed by atoms with van der Waals surface area (Å²) in [6, 6.07) is 8.28. The molecule has 0 aliphatic heterocycles. The predicted molar refractivity (Wildman–Crippen MR) is 76.6 cm³/mol. The molecule has 5 heteroatoms. The molecule has 0 amide bonds. The molecule has 0 saturated carbocycles. The van der Waals surface area contributed by atoms with Gasteiger partial charge >= 0.3 is 0 Å².